The Kier molecular flexibility index (Phi) is 4.49. The number of nitrogens with zero attached hydrogens (tertiary/aromatic N) is 4. The molecule has 0 aliphatic rings. The van der Waals surface area contributed by atoms with E-state index in [1.54, 1.807) is 0 Å². The fourth-order valence-corrected chi connectivity index (χ4v) is 7.49. The van der Waals surface area contributed by atoms with Crippen LogP contribution in [-0.4, -0.2) is 19.1 Å². The van der Waals surface area contributed by atoms with Crippen molar-refractivity contribution in [1.82, 2.24) is 19.1 Å². The minimum Gasteiger partial charge on any atom is -0.454 e. The SMILES string of the molecule is c1cc(-n2c3ccccc3c3cccnc32)c2oc3cc4c(cc3c2c1)oc1c(-n2c3ccccc3c3cccnc32)cccc14. The normalized spacial score (nSPS) is 12.3. The maximum atomic E-state index is 6.74. The van der Waals surface area contributed by atoms with Crippen LogP contribution in [0.4, 0.5) is 0 Å². The van der Waals surface area contributed by atoms with Crippen molar-refractivity contribution in [1.29, 1.82) is 0 Å². The molecule has 0 N–H and O–H groups in total. The lowest BCUT2D eigenvalue weighted by Gasteiger charge is -2.07. The van der Waals surface area contributed by atoms with Gasteiger partial charge < -0.3 is 8.83 Å². The number of hydrogen-bond donors (Lipinski definition) is 0. The molecule has 0 aliphatic carbocycles. The molecule has 0 saturated carbocycles. The first-order valence-electron chi connectivity index (χ1n) is 15.3. The summed E-state index contributed by atoms with van der Waals surface area (Å²) in [5.74, 6) is 0. The molecule has 6 heterocycles. The number of para-hydroxylation sites is 4. The minimum atomic E-state index is 0.815. The molecule has 0 atom stereocenters. The summed E-state index contributed by atoms with van der Waals surface area (Å²) in [6.45, 7) is 0. The summed E-state index contributed by atoms with van der Waals surface area (Å²) in [5.41, 5.74) is 9.19. The number of fused-ring (bicyclic) bond motifs is 12. The Hall–Kier alpha value is -6.40. The van der Waals surface area contributed by atoms with E-state index < -0.39 is 0 Å². The van der Waals surface area contributed by atoms with Gasteiger partial charge in [-0.25, -0.2) is 9.97 Å². The molecule has 0 unspecified atom stereocenters. The number of furan rings is 2. The van der Waals surface area contributed by atoms with E-state index in [0.717, 1.165) is 99.1 Å². The first-order chi connectivity index (χ1) is 22.8. The molecule has 11 aromatic rings. The maximum Gasteiger partial charge on any atom is 0.159 e. The molecule has 46 heavy (non-hydrogen) atoms. The van der Waals surface area contributed by atoms with Gasteiger partial charge in [0.2, 0.25) is 0 Å². The van der Waals surface area contributed by atoms with Crippen LogP contribution < -0.4 is 0 Å². The Morgan fingerprint density at radius 2 is 0.826 bits per heavy atom. The van der Waals surface area contributed by atoms with Crippen molar-refractivity contribution < 1.29 is 8.83 Å². The summed E-state index contributed by atoms with van der Waals surface area (Å²) < 4.78 is 17.9. The number of benzene rings is 5. The van der Waals surface area contributed by atoms with Crippen molar-refractivity contribution >= 4 is 87.7 Å². The number of hydrogen-bond acceptors (Lipinski definition) is 4. The van der Waals surface area contributed by atoms with Gasteiger partial charge in [0.05, 0.1) is 22.4 Å². The van der Waals surface area contributed by atoms with Crippen LogP contribution in [-0.2, 0) is 0 Å². The highest BCUT2D eigenvalue weighted by atomic mass is 16.3. The van der Waals surface area contributed by atoms with Gasteiger partial charge in [-0.2, -0.15) is 0 Å². The lowest BCUT2D eigenvalue weighted by atomic mass is 10.1. The topological polar surface area (TPSA) is 61.9 Å². The van der Waals surface area contributed by atoms with Crippen LogP contribution in [0.15, 0.2) is 143 Å². The molecule has 0 saturated heterocycles. The van der Waals surface area contributed by atoms with E-state index in [2.05, 4.69) is 118 Å². The van der Waals surface area contributed by atoms with Gasteiger partial charge in [0.25, 0.3) is 0 Å². The first-order valence-corrected chi connectivity index (χ1v) is 15.3. The molecule has 0 fully saturated rings. The number of rotatable bonds is 2. The Labute approximate surface area is 260 Å². The lowest BCUT2D eigenvalue weighted by Crippen LogP contribution is -1.95. The molecule has 214 valence electrons. The third kappa shape index (κ3) is 3.00. The fraction of sp³-hybridized carbons (Fsp3) is 0. The van der Waals surface area contributed by atoms with Crippen molar-refractivity contribution in [2.24, 2.45) is 0 Å². The Balaban J connectivity index is 1.18. The highest BCUT2D eigenvalue weighted by Crippen LogP contribution is 2.42. The second kappa shape index (κ2) is 8.61. The monoisotopic (exact) mass is 590 g/mol. The summed E-state index contributed by atoms with van der Waals surface area (Å²) in [6, 6.07) is 42.0. The quantitative estimate of drug-likeness (QED) is 0.201. The van der Waals surface area contributed by atoms with Crippen molar-refractivity contribution in [2.45, 2.75) is 0 Å². The molecule has 6 nitrogen and oxygen atoms in total. The number of aromatic nitrogens is 4. The predicted octanol–water partition coefficient (Wildman–Crippen LogP) is 10.5. The van der Waals surface area contributed by atoms with E-state index >= 15 is 0 Å². The smallest absolute Gasteiger partial charge is 0.159 e. The molecule has 6 heteroatoms. The van der Waals surface area contributed by atoms with Crippen molar-refractivity contribution in [2.75, 3.05) is 0 Å². The second-order valence-corrected chi connectivity index (χ2v) is 11.8. The minimum absolute atomic E-state index is 0.815. The van der Waals surface area contributed by atoms with E-state index in [9.17, 15) is 0 Å². The van der Waals surface area contributed by atoms with E-state index in [0.29, 0.717) is 0 Å². The van der Waals surface area contributed by atoms with E-state index in [1.165, 1.54) is 0 Å². The van der Waals surface area contributed by atoms with Crippen molar-refractivity contribution in [3.05, 3.63) is 134 Å². The van der Waals surface area contributed by atoms with Crippen LogP contribution in [0.3, 0.4) is 0 Å². The molecule has 5 aromatic carbocycles. The summed E-state index contributed by atoms with van der Waals surface area (Å²) >= 11 is 0. The van der Waals surface area contributed by atoms with Crippen LogP contribution in [0.5, 0.6) is 0 Å². The lowest BCUT2D eigenvalue weighted by molar-refractivity contribution is 0.661. The fourth-order valence-electron chi connectivity index (χ4n) is 7.49. The average Bonchev–Trinajstić information content (AvgIpc) is 3.85. The molecule has 11 rings (SSSR count). The van der Waals surface area contributed by atoms with Gasteiger partial charge in [-0.15, -0.1) is 0 Å². The standard InChI is InChI=1S/C40H22N4O2/c1-3-15-31-23(9-1)27-13-7-19-41-39(27)43(31)33-17-5-11-25-29-21-36-30(22-35(29)45-37(25)33)26-12-6-18-34(38(26)46-36)44-32-16-4-2-10-24(32)28-14-8-20-42-40(28)44/h1-22H. The van der Waals surface area contributed by atoms with Crippen LogP contribution in [0.2, 0.25) is 0 Å². The molecule has 6 aromatic heterocycles. The average molecular weight is 591 g/mol. The van der Waals surface area contributed by atoms with Gasteiger partial charge >= 0.3 is 0 Å². The number of pyridine rings is 2. The predicted molar refractivity (Wildman–Crippen MR) is 185 cm³/mol. The highest BCUT2D eigenvalue weighted by Gasteiger charge is 2.21. The summed E-state index contributed by atoms with van der Waals surface area (Å²) in [6.07, 6.45) is 3.69. The summed E-state index contributed by atoms with van der Waals surface area (Å²) in [4.78, 5) is 9.59. The van der Waals surface area contributed by atoms with Gasteiger partial charge in [-0.05, 0) is 60.7 Å². The Morgan fingerprint density at radius 1 is 0.391 bits per heavy atom. The largest absolute Gasteiger partial charge is 0.454 e. The van der Waals surface area contributed by atoms with Gasteiger partial charge in [-0.3, -0.25) is 9.13 Å². The molecular weight excluding hydrogens is 568 g/mol. The van der Waals surface area contributed by atoms with E-state index in [-0.39, 0.29) is 0 Å². The zero-order valence-corrected chi connectivity index (χ0v) is 24.3. The molecular formula is C40H22N4O2. The highest BCUT2D eigenvalue weighted by molar-refractivity contribution is 6.18. The van der Waals surface area contributed by atoms with Crippen molar-refractivity contribution in [3.8, 4) is 11.4 Å². The van der Waals surface area contributed by atoms with Gasteiger partial charge in [0, 0.05) is 55.5 Å². The van der Waals surface area contributed by atoms with Crippen LogP contribution in [0.25, 0.3) is 99.1 Å². The maximum absolute atomic E-state index is 6.74. The van der Waals surface area contributed by atoms with Crippen LogP contribution in [0, 0.1) is 0 Å². The van der Waals surface area contributed by atoms with Crippen LogP contribution >= 0.6 is 0 Å². The summed E-state index contributed by atoms with van der Waals surface area (Å²) in [7, 11) is 0. The molecule has 0 spiro atoms. The van der Waals surface area contributed by atoms with Gasteiger partial charge in [-0.1, -0.05) is 60.7 Å². The van der Waals surface area contributed by atoms with Crippen molar-refractivity contribution in [3.63, 3.8) is 0 Å². The van der Waals surface area contributed by atoms with E-state index in [1.807, 2.05) is 24.5 Å². The zero-order chi connectivity index (χ0) is 29.9. The zero-order valence-electron chi connectivity index (χ0n) is 24.3. The van der Waals surface area contributed by atoms with Crippen LogP contribution in [0.1, 0.15) is 0 Å². The molecule has 0 radical (unpaired) electrons. The Bertz CT molecular complexity index is 2730. The Morgan fingerprint density at radius 3 is 1.33 bits per heavy atom. The first kappa shape index (κ1) is 24.0. The van der Waals surface area contributed by atoms with E-state index in [4.69, 9.17) is 18.8 Å². The molecule has 0 bridgehead atoms. The molecule has 0 amide bonds. The van der Waals surface area contributed by atoms with Gasteiger partial charge in [0.1, 0.15) is 22.5 Å². The molecule has 0 aliphatic heterocycles. The second-order valence-electron chi connectivity index (χ2n) is 11.8. The third-order valence-corrected chi connectivity index (χ3v) is 9.42. The van der Waals surface area contributed by atoms with Gasteiger partial charge in [0.15, 0.2) is 11.2 Å². The third-order valence-electron chi connectivity index (χ3n) is 9.42. The summed E-state index contributed by atoms with van der Waals surface area (Å²) in [5, 5.41) is 8.64.